The van der Waals surface area contributed by atoms with E-state index in [1.165, 1.54) is 0 Å². The average molecular weight is 293 g/mol. The van der Waals surface area contributed by atoms with Gasteiger partial charge in [-0.05, 0) is 24.6 Å². The lowest BCUT2D eigenvalue weighted by atomic mass is 10.0. The summed E-state index contributed by atoms with van der Waals surface area (Å²) in [5.41, 5.74) is 4.59. The van der Waals surface area contributed by atoms with Crippen molar-refractivity contribution in [3.8, 4) is 0 Å². The number of anilines is 1. The zero-order valence-corrected chi connectivity index (χ0v) is 12.3. The maximum Gasteiger partial charge on any atom is 0.274 e. The fourth-order valence-corrected chi connectivity index (χ4v) is 2.18. The molecule has 3 rings (SSSR count). The molecular formula is C16H15N5O. The van der Waals surface area contributed by atoms with Gasteiger partial charge in [-0.15, -0.1) is 10.2 Å². The van der Waals surface area contributed by atoms with Gasteiger partial charge in [-0.2, -0.15) is 5.10 Å². The van der Waals surface area contributed by atoms with Crippen LogP contribution in [0, 0.1) is 6.92 Å². The largest absolute Gasteiger partial charge is 0.288 e. The SMILES string of the molecule is CC(=NNc1nnc(C)c(=O)[nH]1)c1cccc2ccccc12. The highest BCUT2D eigenvalue weighted by Crippen LogP contribution is 2.19. The van der Waals surface area contributed by atoms with Crippen LogP contribution in [0.4, 0.5) is 5.95 Å². The summed E-state index contributed by atoms with van der Waals surface area (Å²) < 4.78 is 0. The predicted molar refractivity (Wildman–Crippen MR) is 87.2 cm³/mol. The van der Waals surface area contributed by atoms with E-state index in [1.807, 2.05) is 31.2 Å². The highest BCUT2D eigenvalue weighted by molar-refractivity contribution is 6.09. The fourth-order valence-electron chi connectivity index (χ4n) is 2.18. The number of H-pyrrole nitrogens is 1. The zero-order valence-electron chi connectivity index (χ0n) is 12.3. The number of nitrogens with one attached hydrogen (secondary N) is 2. The molecular weight excluding hydrogens is 278 g/mol. The standard InChI is InChI=1S/C16H15N5O/c1-10(18-20-16-17-15(22)11(2)19-21-16)13-9-5-7-12-6-3-4-8-14(12)13/h3-9H,1-2H3,(H2,17,20,21,22). The van der Waals surface area contributed by atoms with Crippen LogP contribution in [0.25, 0.3) is 10.8 Å². The van der Waals surface area contributed by atoms with Gasteiger partial charge in [-0.25, -0.2) is 5.43 Å². The van der Waals surface area contributed by atoms with Crippen LogP contribution in [0.3, 0.4) is 0 Å². The van der Waals surface area contributed by atoms with Gasteiger partial charge in [-0.1, -0.05) is 42.5 Å². The smallest absolute Gasteiger partial charge is 0.274 e. The second-order valence-corrected chi connectivity index (χ2v) is 4.92. The van der Waals surface area contributed by atoms with Gasteiger partial charge in [0.2, 0.25) is 5.95 Å². The molecule has 0 radical (unpaired) electrons. The molecule has 110 valence electrons. The molecule has 2 N–H and O–H groups in total. The van der Waals surface area contributed by atoms with Crippen molar-refractivity contribution in [2.24, 2.45) is 5.10 Å². The van der Waals surface area contributed by atoms with Crippen LogP contribution in [0.15, 0.2) is 52.4 Å². The Kier molecular flexibility index (Phi) is 3.65. The van der Waals surface area contributed by atoms with E-state index in [4.69, 9.17) is 0 Å². The predicted octanol–water partition coefficient (Wildman–Crippen LogP) is 2.46. The molecule has 0 bridgehead atoms. The van der Waals surface area contributed by atoms with Crippen molar-refractivity contribution in [2.45, 2.75) is 13.8 Å². The summed E-state index contributed by atoms with van der Waals surface area (Å²) in [4.78, 5) is 14.1. The first-order valence-electron chi connectivity index (χ1n) is 6.87. The molecule has 1 aromatic heterocycles. The molecule has 6 nitrogen and oxygen atoms in total. The Morgan fingerprint density at radius 2 is 1.91 bits per heavy atom. The van der Waals surface area contributed by atoms with Crippen LogP contribution in [0.1, 0.15) is 18.2 Å². The van der Waals surface area contributed by atoms with Gasteiger partial charge < -0.3 is 0 Å². The fraction of sp³-hybridized carbons (Fsp3) is 0.125. The first-order valence-corrected chi connectivity index (χ1v) is 6.87. The number of aryl methyl sites for hydroxylation is 1. The van der Waals surface area contributed by atoms with Crippen LogP contribution >= 0.6 is 0 Å². The maximum absolute atomic E-state index is 11.5. The van der Waals surface area contributed by atoms with Crippen molar-refractivity contribution in [1.29, 1.82) is 0 Å². The Labute approximate surface area is 126 Å². The number of fused-ring (bicyclic) bond motifs is 1. The molecule has 0 aliphatic rings. The second-order valence-electron chi connectivity index (χ2n) is 4.92. The third-order valence-electron chi connectivity index (χ3n) is 3.37. The topological polar surface area (TPSA) is 83.0 Å². The van der Waals surface area contributed by atoms with Gasteiger partial charge in [0.25, 0.3) is 5.56 Å². The molecule has 0 saturated carbocycles. The van der Waals surface area contributed by atoms with Gasteiger partial charge in [0, 0.05) is 5.56 Å². The van der Waals surface area contributed by atoms with Crippen molar-refractivity contribution >= 4 is 22.4 Å². The molecule has 6 heteroatoms. The highest BCUT2D eigenvalue weighted by atomic mass is 16.1. The molecule has 1 heterocycles. The Morgan fingerprint density at radius 3 is 2.73 bits per heavy atom. The molecule has 22 heavy (non-hydrogen) atoms. The van der Waals surface area contributed by atoms with E-state index in [1.54, 1.807) is 6.92 Å². The van der Waals surface area contributed by atoms with Gasteiger partial charge in [0.1, 0.15) is 5.69 Å². The number of hydrogen-bond acceptors (Lipinski definition) is 5. The second kappa shape index (κ2) is 5.77. The van der Waals surface area contributed by atoms with Crippen LogP contribution in [0.2, 0.25) is 0 Å². The molecule has 2 aromatic carbocycles. The van der Waals surface area contributed by atoms with Crippen molar-refractivity contribution in [3.05, 3.63) is 64.1 Å². The maximum atomic E-state index is 11.5. The number of aromatic amines is 1. The van der Waals surface area contributed by atoms with E-state index in [0.717, 1.165) is 22.0 Å². The van der Waals surface area contributed by atoms with E-state index in [0.29, 0.717) is 5.69 Å². The van der Waals surface area contributed by atoms with Crippen LogP contribution < -0.4 is 11.0 Å². The summed E-state index contributed by atoms with van der Waals surface area (Å²) in [6.07, 6.45) is 0. The normalized spacial score (nSPS) is 11.6. The lowest BCUT2D eigenvalue weighted by Gasteiger charge is -2.06. The van der Waals surface area contributed by atoms with Crippen LogP contribution in [-0.4, -0.2) is 20.9 Å². The lowest BCUT2D eigenvalue weighted by Crippen LogP contribution is -2.16. The summed E-state index contributed by atoms with van der Waals surface area (Å²) in [5, 5.41) is 14.1. The third kappa shape index (κ3) is 2.71. The molecule has 0 atom stereocenters. The molecule has 0 spiro atoms. The van der Waals surface area contributed by atoms with Crippen LogP contribution in [0.5, 0.6) is 0 Å². The minimum atomic E-state index is -0.282. The number of hydrazone groups is 1. The number of rotatable bonds is 3. The number of benzene rings is 2. The van der Waals surface area contributed by atoms with Gasteiger partial charge in [0.05, 0.1) is 5.71 Å². The molecule has 0 unspecified atom stereocenters. The first kappa shape index (κ1) is 13.9. The minimum absolute atomic E-state index is 0.218. The Morgan fingerprint density at radius 1 is 1.14 bits per heavy atom. The number of nitrogens with zero attached hydrogens (tertiary/aromatic N) is 3. The van der Waals surface area contributed by atoms with Gasteiger partial charge in [0.15, 0.2) is 0 Å². The van der Waals surface area contributed by atoms with E-state index in [-0.39, 0.29) is 11.5 Å². The van der Waals surface area contributed by atoms with Crippen LogP contribution in [-0.2, 0) is 0 Å². The van der Waals surface area contributed by atoms with E-state index >= 15 is 0 Å². The van der Waals surface area contributed by atoms with E-state index < -0.39 is 0 Å². The number of aromatic nitrogens is 3. The van der Waals surface area contributed by atoms with Gasteiger partial charge >= 0.3 is 0 Å². The Balaban J connectivity index is 1.93. The van der Waals surface area contributed by atoms with Gasteiger partial charge in [-0.3, -0.25) is 9.78 Å². The Bertz CT molecular complexity index is 908. The lowest BCUT2D eigenvalue weighted by molar-refractivity contribution is 0.897. The summed E-state index contributed by atoms with van der Waals surface area (Å²) in [6.45, 7) is 3.49. The summed E-state index contributed by atoms with van der Waals surface area (Å²) in [6, 6.07) is 14.2. The molecule has 0 saturated heterocycles. The first-order chi connectivity index (χ1) is 10.6. The Hall–Kier alpha value is -3.02. The zero-order chi connectivity index (χ0) is 15.5. The highest BCUT2D eigenvalue weighted by Gasteiger charge is 2.04. The molecule has 0 aliphatic carbocycles. The summed E-state index contributed by atoms with van der Waals surface area (Å²) in [5.74, 6) is 0.218. The monoisotopic (exact) mass is 293 g/mol. The minimum Gasteiger partial charge on any atom is -0.288 e. The van der Waals surface area contributed by atoms with Crippen molar-refractivity contribution in [1.82, 2.24) is 15.2 Å². The molecule has 0 aliphatic heterocycles. The van der Waals surface area contributed by atoms with Crippen molar-refractivity contribution < 1.29 is 0 Å². The number of hydrogen-bond donors (Lipinski definition) is 2. The summed E-state index contributed by atoms with van der Waals surface area (Å²) >= 11 is 0. The van der Waals surface area contributed by atoms with E-state index in [2.05, 4.69) is 43.9 Å². The quantitative estimate of drug-likeness (QED) is 0.574. The van der Waals surface area contributed by atoms with Crippen molar-refractivity contribution in [3.63, 3.8) is 0 Å². The molecule has 0 fully saturated rings. The molecule has 0 amide bonds. The average Bonchev–Trinajstić information content (AvgIpc) is 2.55. The van der Waals surface area contributed by atoms with E-state index in [9.17, 15) is 4.79 Å². The van der Waals surface area contributed by atoms with Crippen molar-refractivity contribution in [2.75, 3.05) is 5.43 Å². The third-order valence-corrected chi connectivity index (χ3v) is 3.37. The molecule has 3 aromatic rings. The summed E-state index contributed by atoms with van der Waals surface area (Å²) in [7, 11) is 0.